The van der Waals surface area contributed by atoms with Gasteiger partial charge >= 0.3 is 0 Å². The molecule has 0 aliphatic carbocycles. The van der Waals surface area contributed by atoms with Crippen molar-refractivity contribution in [3.8, 4) is 0 Å². The third kappa shape index (κ3) is 6.21. The van der Waals surface area contributed by atoms with Gasteiger partial charge in [-0.3, -0.25) is 0 Å². The van der Waals surface area contributed by atoms with Crippen molar-refractivity contribution >= 4 is 56.3 Å². The first-order valence-electron chi connectivity index (χ1n) is 13.0. The van der Waals surface area contributed by atoms with Crippen LogP contribution in [0, 0.1) is 0 Å². The van der Waals surface area contributed by atoms with Crippen LogP contribution in [0.25, 0.3) is 22.1 Å². The average molecular weight is 601 g/mol. The van der Waals surface area contributed by atoms with Crippen molar-refractivity contribution in [2.75, 3.05) is 11.5 Å². The molecule has 0 atom stereocenters. The minimum atomic E-state index is -0.837. The molecular weight excluding hydrogens is 573 g/mol. The van der Waals surface area contributed by atoms with Crippen molar-refractivity contribution in [2.45, 2.75) is 17.6 Å². The first-order valence-corrected chi connectivity index (χ1v) is 16.0. The SMILES string of the molecule is SC(c1ncc[nH]1)(c1ncc[nH]1)c1ncc[nH]1.c1ccc2[nH]c(CCSSCCc3nc4ccccc4[nH]3)nc2c1. The number of aromatic nitrogens is 10. The number of hydrogen-bond donors (Lipinski definition) is 6. The Hall–Kier alpha value is -3.94. The molecule has 0 amide bonds. The Morgan fingerprint density at radius 1 is 0.610 bits per heavy atom. The normalized spacial score (nSPS) is 11.6. The molecule has 41 heavy (non-hydrogen) atoms. The van der Waals surface area contributed by atoms with Gasteiger partial charge < -0.3 is 24.9 Å². The third-order valence-corrected chi connectivity index (χ3v) is 9.37. The van der Waals surface area contributed by atoms with E-state index in [1.165, 1.54) is 0 Å². The first-order chi connectivity index (χ1) is 20.2. The van der Waals surface area contributed by atoms with Crippen LogP contribution in [0.3, 0.4) is 0 Å². The number of rotatable bonds is 10. The van der Waals surface area contributed by atoms with E-state index in [0.717, 1.165) is 58.1 Å². The minimum Gasteiger partial charge on any atom is -0.347 e. The Kier molecular flexibility index (Phi) is 8.44. The van der Waals surface area contributed by atoms with Crippen molar-refractivity contribution in [1.29, 1.82) is 0 Å². The van der Waals surface area contributed by atoms with Gasteiger partial charge in [-0.05, 0) is 24.3 Å². The van der Waals surface area contributed by atoms with Crippen LogP contribution in [0.5, 0.6) is 0 Å². The number of fused-ring (bicyclic) bond motifs is 2. The van der Waals surface area contributed by atoms with Crippen molar-refractivity contribution in [1.82, 2.24) is 49.8 Å². The number of aromatic amines is 5. The first kappa shape index (κ1) is 27.2. The maximum absolute atomic E-state index is 4.70. The topological polar surface area (TPSA) is 143 Å². The van der Waals surface area contributed by atoms with Gasteiger partial charge in [0.2, 0.25) is 0 Å². The summed E-state index contributed by atoms with van der Waals surface area (Å²) in [4.78, 5) is 37.9. The van der Waals surface area contributed by atoms with E-state index in [1.807, 2.05) is 58.0 Å². The van der Waals surface area contributed by atoms with Crippen molar-refractivity contribution in [2.24, 2.45) is 0 Å². The van der Waals surface area contributed by atoms with E-state index in [0.29, 0.717) is 17.5 Å². The second kappa shape index (κ2) is 12.7. The van der Waals surface area contributed by atoms with E-state index in [-0.39, 0.29) is 0 Å². The van der Waals surface area contributed by atoms with Gasteiger partial charge in [0.1, 0.15) is 29.1 Å². The number of thiol groups is 1. The van der Waals surface area contributed by atoms with Gasteiger partial charge in [-0.1, -0.05) is 45.9 Å². The summed E-state index contributed by atoms with van der Waals surface area (Å²) < 4.78 is -0.837. The molecule has 10 nitrogen and oxygen atoms in total. The third-order valence-electron chi connectivity index (χ3n) is 6.33. The second-order valence-electron chi connectivity index (χ2n) is 9.07. The fourth-order valence-corrected chi connectivity index (χ4v) is 6.73. The predicted molar refractivity (Wildman–Crippen MR) is 169 cm³/mol. The fourth-order valence-electron chi connectivity index (χ4n) is 4.37. The van der Waals surface area contributed by atoms with Crippen molar-refractivity contribution < 1.29 is 0 Å². The molecule has 0 saturated heterocycles. The van der Waals surface area contributed by atoms with Gasteiger partial charge in [-0.15, -0.1) is 12.6 Å². The Morgan fingerprint density at radius 2 is 1.02 bits per heavy atom. The summed E-state index contributed by atoms with van der Waals surface area (Å²) in [5.74, 6) is 6.24. The van der Waals surface area contributed by atoms with E-state index < -0.39 is 4.75 Å². The summed E-state index contributed by atoms with van der Waals surface area (Å²) in [5.41, 5.74) is 4.34. The Bertz CT molecular complexity index is 1540. The highest BCUT2D eigenvalue weighted by atomic mass is 33.1. The van der Waals surface area contributed by atoms with Gasteiger partial charge in [0.25, 0.3) is 0 Å². The number of imidazole rings is 5. The number of nitrogens with zero attached hydrogens (tertiary/aromatic N) is 5. The molecule has 5 heterocycles. The summed E-state index contributed by atoms with van der Waals surface area (Å²) in [5, 5.41) is 0. The molecule has 13 heteroatoms. The van der Waals surface area contributed by atoms with E-state index in [4.69, 9.17) is 12.6 Å². The van der Waals surface area contributed by atoms with Gasteiger partial charge in [-0.2, -0.15) is 0 Å². The zero-order valence-electron chi connectivity index (χ0n) is 21.9. The van der Waals surface area contributed by atoms with Crippen LogP contribution >= 0.6 is 34.2 Å². The predicted octanol–water partition coefficient (Wildman–Crippen LogP) is 5.68. The highest BCUT2D eigenvalue weighted by Gasteiger charge is 2.40. The molecule has 2 aromatic carbocycles. The van der Waals surface area contributed by atoms with Crippen LogP contribution in [0.15, 0.2) is 85.7 Å². The molecule has 0 spiro atoms. The van der Waals surface area contributed by atoms with Crippen LogP contribution in [0.1, 0.15) is 29.1 Å². The summed E-state index contributed by atoms with van der Waals surface area (Å²) in [6.45, 7) is 0. The zero-order chi connectivity index (χ0) is 27.9. The van der Waals surface area contributed by atoms with E-state index in [1.54, 1.807) is 37.2 Å². The molecule has 7 rings (SSSR count). The molecule has 5 aromatic heterocycles. The molecular formula is C28H28N10S3. The number of nitrogens with one attached hydrogen (secondary N) is 5. The minimum absolute atomic E-state index is 0.658. The number of aryl methyl sites for hydroxylation is 2. The maximum atomic E-state index is 4.70. The van der Waals surface area contributed by atoms with Crippen LogP contribution in [0.4, 0.5) is 0 Å². The van der Waals surface area contributed by atoms with Crippen molar-refractivity contribution in [3.63, 3.8) is 0 Å². The smallest absolute Gasteiger partial charge is 0.186 e. The average Bonchev–Trinajstić information content (AvgIpc) is 3.84. The molecule has 0 fully saturated rings. The lowest BCUT2D eigenvalue weighted by Gasteiger charge is -2.21. The largest absolute Gasteiger partial charge is 0.347 e. The maximum Gasteiger partial charge on any atom is 0.186 e. The van der Waals surface area contributed by atoms with Crippen LogP contribution in [-0.2, 0) is 17.6 Å². The Labute approximate surface area is 249 Å². The summed E-state index contributed by atoms with van der Waals surface area (Å²) in [7, 11) is 3.80. The lowest BCUT2D eigenvalue weighted by Crippen LogP contribution is -2.27. The summed E-state index contributed by atoms with van der Waals surface area (Å²) in [6.07, 6.45) is 12.2. The molecule has 0 radical (unpaired) electrons. The van der Waals surface area contributed by atoms with E-state index in [2.05, 4.69) is 62.0 Å². The molecule has 7 aromatic rings. The Balaban J connectivity index is 0.000000156. The highest BCUT2D eigenvalue weighted by Crippen LogP contribution is 2.36. The van der Waals surface area contributed by atoms with Gasteiger partial charge in [0.05, 0.1) is 22.1 Å². The molecule has 0 bridgehead atoms. The molecule has 0 unspecified atom stereocenters. The quantitative estimate of drug-likeness (QED) is 0.0673. The lowest BCUT2D eigenvalue weighted by molar-refractivity contribution is 0.722. The zero-order valence-corrected chi connectivity index (χ0v) is 24.4. The highest BCUT2D eigenvalue weighted by molar-refractivity contribution is 8.76. The Morgan fingerprint density at radius 3 is 1.39 bits per heavy atom. The molecule has 0 aliphatic heterocycles. The molecule has 0 aliphatic rings. The molecule has 208 valence electrons. The van der Waals surface area contributed by atoms with Gasteiger partial charge in [-0.25, -0.2) is 24.9 Å². The van der Waals surface area contributed by atoms with Crippen LogP contribution in [-0.4, -0.2) is 61.3 Å². The molecule has 5 N–H and O–H groups in total. The van der Waals surface area contributed by atoms with Crippen molar-refractivity contribution in [3.05, 3.63) is 115 Å². The van der Waals surface area contributed by atoms with Gasteiger partial charge in [0.15, 0.2) is 4.75 Å². The standard InChI is InChI=1S/C18H18N4S2.C10H10N6S/c1-2-6-14-13(5-1)19-17(20-14)9-11-23-24-12-10-18-21-15-7-3-4-8-16(15)22-18;17-10(7-11-1-2-12-7,8-13-3-4-14-8)9-15-5-6-16-9/h1-8H,9-12H2,(H,19,20)(H,21,22);1-6,17H,(H,11,12)(H,13,14)(H,15,16). The number of benzene rings is 2. The lowest BCUT2D eigenvalue weighted by atomic mass is 10.1. The summed E-state index contributed by atoms with van der Waals surface area (Å²) >= 11 is 4.70. The van der Waals surface area contributed by atoms with Gasteiger partial charge in [0, 0.05) is 61.5 Å². The monoisotopic (exact) mass is 600 g/mol. The fraction of sp³-hybridized carbons (Fsp3) is 0.179. The second-order valence-corrected chi connectivity index (χ2v) is 12.4. The summed E-state index contributed by atoms with van der Waals surface area (Å²) in [6, 6.07) is 16.3. The number of para-hydroxylation sites is 4. The van der Waals surface area contributed by atoms with E-state index in [9.17, 15) is 0 Å². The van der Waals surface area contributed by atoms with Crippen LogP contribution in [0.2, 0.25) is 0 Å². The molecule has 0 saturated carbocycles. The van der Waals surface area contributed by atoms with E-state index >= 15 is 0 Å². The number of H-pyrrole nitrogens is 5. The number of hydrogen-bond acceptors (Lipinski definition) is 8. The van der Waals surface area contributed by atoms with Crippen LogP contribution < -0.4 is 0 Å².